The Morgan fingerprint density at radius 2 is 1.88 bits per heavy atom. The van der Waals surface area contributed by atoms with Gasteiger partial charge in [-0.2, -0.15) is 0 Å². The molecule has 0 unspecified atom stereocenters. The van der Waals surface area contributed by atoms with Crippen LogP contribution >= 0.6 is 27.5 Å². The van der Waals surface area contributed by atoms with E-state index in [1.54, 1.807) is 0 Å². The van der Waals surface area contributed by atoms with E-state index >= 15 is 0 Å². The van der Waals surface area contributed by atoms with E-state index in [4.69, 9.17) is 16.3 Å². The lowest BCUT2D eigenvalue weighted by Gasteiger charge is -2.13. The number of ether oxygens (including phenoxy) is 1. The fourth-order valence-electron chi connectivity index (χ4n) is 3.24. The first-order chi connectivity index (χ1) is 12.7. The molecule has 3 rings (SSSR count). The van der Waals surface area contributed by atoms with Crippen molar-refractivity contribution in [2.24, 2.45) is 0 Å². The van der Waals surface area contributed by atoms with E-state index in [1.165, 1.54) is 0 Å². The van der Waals surface area contributed by atoms with Gasteiger partial charge in [0.05, 0.1) is 12.3 Å². The number of halogens is 2. The van der Waals surface area contributed by atoms with Crippen molar-refractivity contribution in [2.75, 3.05) is 11.9 Å². The van der Waals surface area contributed by atoms with E-state index in [0.717, 1.165) is 46.7 Å². The average molecular weight is 435 g/mol. The van der Waals surface area contributed by atoms with Gasteiger partial charge in [-0.25, -0.2) is 4.79 Å². The van der Waals surface area contributed by atoms with Gasteiger partial charge in [-0.15, -0.1) is 0 Å². The molecule has 1 heterocycles. The number of nitrogens with zero attached hydrogens (tertiary/aromatic N) is 1. The van der Waals surface area contributed by atoms with Crippen LogP contribution in [-0.4, -0.2) is 22.5 Å². The van der Waals surface area contributed by atoms with Gasteiger partial charge in [0, 0.05) is 27.7 Å². The normalized spacial score (nSPS) is 11.0. The summed E-state index contributed by atoms with van der Waals surface area (Å²) in [5, 5.41) is 3.45. The molecule has 0 radical (unpaired) electrons. The smallest absolute Gasteiger partial charge is 0.355 e. The first-order valence-corrected chi connectivity index (χ1v) is 10.3. The number of alkyl halides is 1. The molecular formula is C21H21BrClNO2. The summed E-state index contributed by atoms with van der Waals surface area (Å²) in [6.45, 7) is 2.92. The predicted molar refractivity (Wildman–Crippen MR) is 111 cm³/mol. The van der Waals surface area contributed by atoms with Crippen molar-refractivity contribution in [2.45, 2.75) is 26.3 Å². The van der Waals surface area contributed by atoms with Gasteiger partial charge in [0.2, 0.25) is 0 Å². The summed E-state index contributed by atoms with van der Waals surface area (Å²) in [6.07, 6.45) is 2.00. The molecule has 0 saturated heterocycles. The summed E-state index contributed by atoms with van der Waals surface area (Å²) in [5.74, 6) is -0.291. The number of rotatable bonds is 7. The van der Waals surface area contributed by atoms with Crippen LogP contribution in [0.1, 0.15) is 30.3 Å². The number of carbonyl (C=O) groups is 1. The molecule has 3 nitrogen and oxygen atoms in total. The number of aromatic nitrogens is 1. The minimum Gasteiger partial charge on any atom is -0.461 e. The highest BCUT2D eigenvalue weighted by Crippen LogP contribution is 2.36. The molecule has 0 fully saturated rings. The van der Waals surface area contributed by atoms with Crippen molar-refractivity contribution >= 4 is 44.3 Å². The number of unbranched alkanes of at least 4 members (excludes halogenated alkanes) is 1. The quantitative estimate of drug-likeness (QED) is 0.248. The third kappa shape index (κ3) is 3.81. The summed E-state index contributed by atoms with van der Waals surface area (Å²) >= 11 is 9.76. The molecule has 0 atom stereocenters. The highest BCUT2D eigenvalue weighted by molar-refractivity contribution is 9.09. The Kier molecular flexibility index (Phi) is 6.38. The SMILES string of the molecule is CCOC(=O)c1c2ccc(Cl)cc2c(-c2ccccc2)n1CCCCBr. The summed E-state index contributed by atoms with van der Waals surface area (Å²) < 4.78 is 7.45. The maximum atomic E-state index is 12.8. The fourth-order valence-corrected chi connectivity index (χ4v) is 3.81. The standard InChI is InChI=1S/C21H21BrClNO2/c1-2-26-21(25)20-17-11-10-16(23)14-18(17)19(15-8-4-3-5-9-15)24(20)13-7-6-12-22/h3-5,8-11,14H,2,6-7,12-13H2,1H3. The molecule has 1 aromatic heterocycles. The summed E-state index contributed by atoms with van der Waals surface area (Å²) in [4.78, 5) is 12.8. The lowest BCUT2D eigenvalue weighted by molar-refractivity contribution is 0.0516. The van der Waals surface area contributed by atoms with Crippen LogP contribution in [0.5, 0.6) is 0 Å². The van der Waals surface area contributed by atoms with Gasteiger partial charge in [0.1, 0.15) is 5.69 Å². The summed E-state index contributed by atoms with van der Waals surface area (Å²) in [7, 11) is 0. The van der Waals surface area contributed by atoms with Crippen LogP contribution in [-0.2, 0) is 11.3 Å². The van der Waals surface area contributed by atoms with Crippen LogP contribution in [0.4, 0.5) is 0 Å². The van der Waals surface area contributed by atoms with Crippen molar-refractivity contribution < 1.29 is 9.53 Å². The van der Waals surface area contributed by atoms with Gasteiger partial charge in [-0.1, -0.05) is 63.9 Å². The molecule has 0 aliphatic carbocycles. The summed E-state index contributed by atoms with van der Waals surface area (Å²) in [5.41, 5.74) is 2.68. The molecule has 0 N–H and O–H groups in total. The molecule has 0 bridgehead atoms. The maximum Gasteiger partial charge on any atom is 0.355 e. The van der Waals surface area contributed by atoms with Crippen LogP contribution in [0.3, 0.4) is 0 Å². The highest BCUT2D eigenvalue weighted by atomic mass is 79.9. The fraction of sp³-hybridized carbons (Fsp3) is 0.286. The second kappa shape index (κ2) is 8.74. The number of benzene rings is 2. The second-order valence-electron chi connectivity index (χ2n) is 6.02. The molecule has 0 aliphatic heterocycles. The molecule has 3 aromatic rings. The molecule has 0 spiro atoms. The zero-order valence-electron chi connectivity index (χ0n) is 14.7. The van der Waals surface area contributed by atoms with Gasteiger partial charge in [-0.05, 0) is 37.5 Å². The minimum atomic E-state index is -0.291. The zero-order valence-corrected chi connectivity index (χ0v) is 17.0. The van der Waals surface area contributed by atoms with Crippen LogP contribution in [0.15, 0.2) is 48.5 Å². The van der Waals surface area contributed by atoms with Crippen LogP contribution in [0.25, 0.3) is 22.0 Å². The first kappa shape index (κ1) is 19.0. The molecule has 136 valence electrons. The molecule has 26 heavy (non-hydrogen) atoms. The number of esters is 1. The topological polar surface area (TPSA) is 31.2 Å². The number of hydrogen-bond donors (Lipinski definition) is 0. The van der Waals surface area contributed by atoms with E-state index in [2.05, 4.69) is 32.6 Å². The van der Waals surface area contributed by atoms with Gasteiger partial charge < -0.3 is 9.30 Å². The Labute approximate surface area is 167 Å². The van der Waals surface area contributed by atoms with Gasteiger partial charge in [0.15, 0.2) is 0 Å². The van der Waals surface area contributed by atoms with Crippen molar-refractivity contribution in [3.05, 3.63) is 59.2 Å². The number of hydrogen-bond acceptors (Lipinski definition) is 2. The second-order valence-corrected chi connectivity index (χ2v) is 7.25. The van der Waals surface area contributed by atoms with Crippen LogP contribution < -0.4 is 0 Å². The monoisotopic (exact) mass is 433 g/mol. The van der Waals surface area contributed by atoms with E-state index in [1.807, 2.05) is 43.3 Å². The van der Waals surface area contributed by atoms with Gasteiger partial charge >= 0.3 is 5.97 Å². The van der Waals surface area contributed by atoms with E-state index < -0.39 is 0 Å². The Hall–Kier alpha value is -1.78. The third-order valence-corrected chi connectivity index (χ3v) is 5.11. The molecule has 0 amide bonds. The van der Waals surface area contributed by atoms with Crippen LogP contribution in [0.2, 0.25) is 5.02 Å². The highest BCUT2D eigenvalue weighted by Gasteiger charge is 2.23. The first-order valence-electron chi connectivity index (χ1n) is 8.77. The predicted octanol–water partition coefficient (Wildman–Crippen LogP) is 6.31. The van der Waals surface area contributed by atoms with E-state index in [0.29, 0.717) is 17.3 Å². The lowest BCUT2D eigenvalue weighted by atomic mass is 10.1. The number of carbonyl (C=O) groups excluding carboxylic acids is 1. The zero-order chi connectivity index (χ0) is 18.5. The molecule has 0 aliphatic rings. The largest absolute Gasteiger partial charge is 0.461 e. The Morgan fingerprint density at radius 1 is 1.12 bits per heavy atom. The Morgan fingerprint density at radius 3 is 2.58 bits per heavy atom. The van der Waals surface area contributed by atoms with Crippen molar-refractivity contribution in [1.82, 2.24) is 4.57 Å². The average Bonchev–Trinajstić information content (AvgIpc) is 2.96. The van der Waals surface area contributed by atoms with Crippen molar-refractivity contribution in [3.63, 3.8) is 0 Å². The Bertz CT molecular complexity index is 905. The van der Waals surface area contributed by atoms with E-state index in [9.17, 15) is 4.79 Å². The van der Waals surface area contributed by atoms with Gasteiger partial charge in [0.25, 0.3) is 0 Å². The molecule has 0 saturated carbocycles. The van der Waals surface area contributed by atoms with E-state index in [-0.39, 0.29) is 5.97 Å². The third-order valence-electron chi connectivity index (χ3n) is 4.31. The van der Waals surface area contributed by atoms with Crippen molar-refractivity contribution in [3.8, 4) is 11.3 Å². The molecular weight excluding hydrogens is 414 g/mol. The van der Waals surface area contributed by atoms with Crippen LogP contribution in [0, 0.1) is 0 Å². The molecule has 5 heteroatoms. The van der Waals surface area contributed by atoms with Crippen molar-refractivity contribution in [1.29, 1.82) is 0 Å². The molecule has 2 aromatic carbocycles. The summed E-state index contributed by atoms with van der Waals surface area (Å²) in [6, 6.07) is 15.8. The minimum absolute atomic E-state index is 0.291. The lowest BCUT2D eigenvalue weighted by Crippen LogP contribution is -2.13. The Balaban J connectivity index is 2.28. The van der Waals surface area contributed by atoms with Gasteiger partial charge in [-0.3, -0.25) is 0 Å². The maximum absolute atomic E-state index is 12.8. The number of fused-ring (bicyclic) bond motifs is 1.